The molecule has 0 amide bonds. The minimum Gasteiger partial charge on any atom is -0.460 e. The van der Waals surface area contributed by atoms with Crippen molar-refractivity contribution in [3.63, 3.8) is 0 Å². The van der Waals surface area contributed by atoms with E-state index < -0.39 is 5.60 Å². The van der Waals surface area contributed by atoms with E-state index in [1.165, 1.54) is 0 Å². The van der Waals surface area contributed by atoms with Gasteiger partial charge < -0.3 is 14.6 Å². The lowest BCUT2D eigenvalue weighted by atomic mass is 10.0. The predicted octanol–water partition coefficient (Wildman–Crippen LogP) is 2.28. The van der Waals surface area contributed by atoms with Gasteiger partial charge in [-0.05, 0) is 53.9 Å². The summed E-state index contributed by atoms with van der Waals surface area (Å²) in [5.41, 5.74) is -0.455. The van der Waals surface area contributed by atoms with Crippen LogP contribution >= 0.6 is 0 Å². The minimum absolute atomic E-state index is 0.0693. The number of carbonyl (C=O) groups excluding carboxylic acids is 1. The van der Waals surface area contributed by atoms with Crippen molar-refractivity contribution in [1.82, 2.24) is 0 Å². The molecular weight excluding hydrogens is 232 g/mol. The Morgan fingerprint density at radius 3 is 2.50 bits per heavy atom. The highest BCUT2D eigenvalue weighted by Gasteiger charge is 2.35. The minimum atomic E-state index is -0.455. The Morgan fingerprint density at radius 2 is 2.00 bits per heavy atom. The van der Waals surface area contributed by atoms with Crippen molar-refractivity contribution in [2.24, 2.45) is 5.92 Å². The molecule has 106 valence electrons. The van der Waals surface area contributed by atoms with Gasteiger partial charge in [0.1, 0.15) is 5.60 Å². The Bertz CT molecular complexity index is 280. The summed E-state index contributed by atoms with van der Waals surface area (Å²) in [6, 6.07) is 0. The van der Waals surface area contributed by atoms with Gasteiger partial charge in [-0.3, -0.25) is 4.79 Å². The SMILES string of the molecule is C[C@H](C(=O)OC(C)(C)C)[C@@H]1CC[C@H](C[C@@H](C)O)O1. The van der Waals surface area contributed by atoms with Gasteiger partial charge >= 0.3 is 5.97 Å². The average Bonchev–Trinajstić information content (AvgIpc) is 2.61. The van der Waals surface area contributed by atoms with Crippen LogP contribution in [0.4, 0.5) is 0 Å². The van der Waals surface area contributed by atoms with Gasteiger partial charge in [0, 0.05) is 0 Å². The van der Waals surface area contributed by atoms with Gasteiger partial charge in [0.2, 0.25) is 0 Å². The summed E-state index contributed by atoms with van der Waals surface area (Å²) in [6.07, 6.45) is 2.03. The first kappa shape index (κ1) is 15.4. The van der Waals surface area contributed by atoms with Gasteiger partial charge in [0.15, 0.2) is 0 Å². The van der Waals surface area contributed by atoms with Gasteiger partial charge in [-0.25, -0.2) is 0 Å². The summed E-state index contributed by atoms with van der Waals surface area (Å²) in [5.74, 6) is -0.451. The normalized spacial score (nSPS) is 27.9. The van der Waals surface area contributed by atoms with Crippen LogP contribution in [0.5, 0.6) is 0 Å². The molecule has 1 N–H and O–H groups in total. The van der Waals surface area contributed by atoms with E-state index in [9.17, 15) is 9.90 Å². The highest BCUT2D eigenvalue weighted by atomic mass is 16.6. The fraction of sp³-hybridized carbons (Fsp3) is 0.929. The number of aliphatic hydroxyl groups is 1. The Morgan fingerprint density at radius 1 is 1.39 bits per heavy atom. The molecule has 0 aromatic rings. The summed E-state index contributed by atoms with van der Waals surface area (Å²) >= 11 is 0. The molecule has 1 aliphatic heterocycles. The van der Waals surface area contributed by atoms with Crippen molar-refractivity contribution >= 4 is 5.97 Å². The second-order valence-corrected chi connectivity index (χ2v) is 6.28. The van der Waals surface area contributed by atoms with Gasteiger partial charge in [0.25, 0.3) is 0 Å². The van der Waals surface area contributed by atoms with E-state index in [1.54, 1.807) is 6.92 Å². The molecule has 0 unspecified atom stereocenters. The van der Waals surface area contributed by atoms with Crippen molar-refractivity contribution in [3.05, 3.63) is 0 Å². The number of carbonyl (C=O) groups is 1. The Labute approximate surface area is 110 Å². The molecule has 4 heteroatoms. The molecular formula is C14H26O4. The maximum Gasteiger partial charge on any atom is 0.311 e. The number of hydrogen-bond acceptors (Lipinski definition) is 4. The molecule has 4 atom stereocenters. The summed E-state index contributed by atoms with van der Waals surface area (Å²) in [6.45, 7) is 9.20. The zero-order valence-corrected chi connectivity index (χ0v) is 12.1. The van der Waals surface area contributed by atoms with E-state index in [0.29, 0.717) is 6.42 Å². The Kier molecular flexibility index (Phi) is 5.17. The van der Waals surface area contributed by atoms with Crippen molar-refractivity contribution in [3.8, 4) is 0 Å². The van der Waals surface area contributed by atoms with Gasteiger partial charge in [-0.1, -0.05) is 0 Å². The third-order valence-corrected chi connectivity index (χ3v) is 3.08. The zero-order chi connectivity index (χ0) is 13.9. The maximum atomic E-state index is 11.9. The molecule has 1 saturated heterocycles. The molecule has 1 heterocycles. The average molecular weight is 258 g/mol. The zero-order valence-electron chi connectivity index (χ0n) is 12.1. The lowest BCUT2D eigenvalue weighted by Gasteiger charge is -2.25. The summed E-state index contributed by atoms with van der Waals surface area (Å²) < 4.78 is 11.2. The first-order chi connectivity index (χ1) is 8.19. The van der Waals surface area contributed by atoms with Crippen molar-refractivity contribution < 1.29 is 19.4 Å². The van der Waals surface area contributed by atoms with E-state index in [0.717, 1.165) is 12.8 Å². The van der Waals surface area contributed by atoms with Crippen LogP contribution in [0.1, 0.15) is 53.9 Å². The number of aliphatic hydroxyl groups excluding tert-OH is 1. The molecule has 1 aliphatic rings. The maximum absolute atomic E-state index is 11.9. The van der Waals surface area contributed by atoms with E-state index in [1.807, 2.05) is 27.7 Å². The fourth-order valence-corrected chi connectivity index (χ4v) is 2.20. The van der Waals surface area contributed by atoms with Crippen LogP contribution in [-0.4, -0.2) is 35.0 Å². The number of esters is 1. The topological polar surface area (TPSA) is 55.8 Å². The summed E-state index contributed by atoms with van der Waals surface area (Å²) in [7, 11) is 0. The molecule has 0 aromatic carbocycles. The van der Waals surface area contributed by atoms with Crippen LogP contribution in [0.3, 0.4) is 0 Å². The first-order valence-corrected chi connectivity index (χ1v) is 6.75. The van der Waals surface area contributed by atoms with E-state index in [-0.39, 0.29) is 30.2 Å². The second-order valence-electron chi connectivity index (χ2n) is 6.28. The Hall–Kier alpha value is -0.610. The lowest BCUT2D eigenvalue weighted by Crippen LogP contribution is -2.33. The molecule has 0 spiro atoms. The van der Waals surface area contributed by atoms with Crippen molar-refractivity contribution in [2.45, 2.75) is 77.8 Å². The van der Waals surface area contributed by atoms with E-state index in [4.69, 9.17) is 9.47 Å². The van der Waals surface area contributed by atoms with E-state index in [2.05, 4.69) is 0 Å². The van der Waals surface area contributed by atoms with Crippen molar-refractivity contribution in [2.75, 3.05) is 0 Å². The highest BCUT2D eigenvalue weighted by molar-refractivity contribution is 5.73. The highest BCUT2D eigenvalue weighted by Crippen LogP contribution is 2.29. The molecule has 0 aromatic heterocycles. The van der Waals surface area contributed by atoms with Crippen LogP contribution in [-0.2, 0) is 14.3 Å². The van der Waals surface area contributed by atoms with Crippen LogP contribution in [0.25, 0.3) is 0 Å². The molecule has 0 bridgehead atoms. The predicted molar refractivity (Wildman–Crippen MR) is 69.2 cm³/mol. The largest absolute Gasteiger partial charge is 0.460 e. The molecule has 1 fully saturated rings. The molecule has 4 nitrogen and oxygen atoms in total. The van der Waals surface area contributed by atoms with Crippen LogP contribution in [0, 0.1) is 5.92 Å². The van der Waals surface area contributed by atoms with E-state index >= 15 is 0 Å². The summed E-state index contributed by atoms with van der Waals surface area (Å²) in [4.78, 5) is 11.9. The quantitative estimate of drug-likeness (QED) is 0.786. The monoisotopic (exact) mass is 258 g/mol. The van der Waals surface area contributed by atoms with Crippen LogP contribution < -0.4 is 0 Å². The van der Waals surface area contributed by atoms with Gasteiger partial charge in [-0.2, -0.15) is 0 Å². The number of rotatable bonds is 4. The molecule has 0 saturated carbocycles. The third kappa shape index (κ3) is 4.94. The van der Waals surface area contributed by atoms with Crippen molar-refractivity contribution in [1.29, 1.82) is 0 Å². The lowest BCUT2D eigenvalue weighted by molar-refractivity contribution is -0.164. The van der Waals surface area contributed by atoms with Gasteiger partial charge in [0.05, 0.1) is 24.2 Å². The third-order valence-electron chi connectivity index (χ3n) is 3.08. The summed E-state index contributed by atoms with van der Waals surface area (Å²) in [5, 5.41) is 9.33. The van der Waals surface area contributed by atoms with Gasteiger partial charge in [-0.15, -0.1) is 0 Å². The first-order valence-electron chi connectivity index (χ1n) is 6.75. The Balaban J connectivity index is 2.44. The smallest absolute Gasteiger partial charge is 0.311 e. The molecule has 18 heavy (non-hydrogen) atoms. The van der Waals surface area contributed by atoms with Crippen LogP contribution in [0.15, 0.2) is 0 Å². The number of ether oxygens (including phenoxy) is 2. The fourth-order valence-electron chi connectivity index (χ4n) is 2.20. The second kappa shape index (κ2) is 6.02. The molecule has 0 radical (unpaired) electrons. The standard InChI is InChI=1S/C14H26O4/c1-9(15)8-11-6-7-12(17-11)10(2)13(16)18-14(3,4)5/h9-12,15H,6-8H2,1-5H3/t9-,10+,11-,12+/m1/s1. The number of hydrogen-bond donors (Lipinski definition) is 1. The van der Waals surface area contributed by atoms with Crippen LogP contribution in [0.2, 0.25) is 0 Å². The molecule has 0 aliphatic carbocycles. The molecule has 1 rings (SSSR count).